The first-order chi connectivity index (χ1) is 25.3. The fourth-order valence-electron chi connectivity index (χ4n) is 7.27. The summed E-state index contributed by atoms with van der Waals surface area (Å²) in [4.78, 5) is 23.5. The van der Waals surface area contributed by atoms with Crippen molar-refractivity contribution in [2.75, 3.05) is 0 Å². The summed E-state index contributed by atoms with van der Waals surface area (Å²) in [6.45, 7) is 0. The summed E-state index contributed by atoms with van der Waals surface area (Å²) < 4.78 is 2.33. The Morgan fingerprint density at radius 1 is 0.392 bits per heavy atom. The molecule has 0 aliphatic heterocycles. The average Bonchev–Trinajstić information content (AvgIpc) is 3.54. The van der Waals surface area contributed by atoms with Crippen LogP contribution in [0.25, 0.3) is 93.9 Å². The molecule has 0 bridgehead atoms. The van der Waals surface area contributed by atoms with Crippen molar-refractivity contribution in [3.05, 3.63) is 171 Å². The first-order valence-corrected chi connectivity index (χ1v) is 16.9. The number of nitrogens with zero attached hydrogens (tertiary/aromatic N) is 6. The lowest BCUT2D eigenvalue weighted by atomic mass is 9.96. The van der Waals surface area contributed by atoms with Crippen LogP contribution in [-0.2, 0) is 0 Å². The predicted molar refractivity (Wildman–Crippen MR) is 207 cm³/mol. The van der Waals surface area contributed by atoms with Gasteiger partial charge in [0.25, 0.3) is 0 Å². The van der Waals surface area contributed by atoms with Crippen molar-refractivity contribution < 1.29 is 0 Å². The third-order valence-corrected chi connectivity index (χ3v) is 9.72. The van der Waals surface area contributed by atoms with Gasteiger partial charge in [-0.25, -0.2) is 4.98 Å². The lowest BCUT2D eigenvalue weighted by Gasteiger charge is -2.13. The van der Waals surface area contributed by atoms with Crippen LogP contribution >= 0.6 is 0 Å². The van der Waals surface area contributed by atoms with E-state index in [9.17, 15) is 0 Å². The number of fused-ring (bicyclic) bond motifs is 6. The third-order valence-electron chi connectivity index (χ3n) is 9.72. The fraction of sp³-hybridized carbons (Fsp3) is 0. The zero-order chi connectivity index (χ0) is 33.7. The van der Waals surface area contributed by atoms with Gasteiger partial charge in [0, 0.05) is 98.3 Å². The fourth-order valence-corrected chi connectivity index (χ4v) is 7.27. The van der Waals surface area contributed by atoms with Gasteiger partial charge in [0.05, 0.1) is 22.4 Å². The molecule has 0 unspecified atom stereocenters. The SMILES string of the molecule is c1cncc(-c2ccc(-c3ccc4c(c3)c3cc(-c5ccc(-c6cccnc6)cn5)c5ccccc5c3n4-c3nccc4ccccc34)nc2)c1. The van der Waals surface area contributed by atoms with Crippen LogP contribution in [0.5, 0.6) is 0 Å². The molecular weight excluding hydrogens is 625 g/mol. The van der Waals surface area contributed by atoms with Crippen LogP contribution in [0.2, 0.25) is 0 Å². The van der Waals surface area contributed by atoms with Gasteiger partial charge in [-0.3, -0.25) is 24.5 Å². The second kappa shape index (κ2) is 11.8. The van der Waals surface area contributed by atoms with Gasteiger partial charge in [0.2, 0.25) is 0 Å². The molecule has 238 valence electrons. The Morgan fingerprint density at radius 2 is 1.04 bits per heavy atom. The van der Waals surface area contributed by atoms with Crippen LogP contribution in [0.4, 0.5) is 0 Å². The Hall–Kier alpha value is -7.05. The van der Waals surface area contributed by atoms with E-state index in [0.29, 0.717) is 0 Å². The standard InChI is InChI=1S/C45H28N6/c1-2-10-35-29(7-1)19-22-48-45(35)51-43-18-15-30(41-16-13-33(27-49-41)31-8-5-20-46-25-31)23-39(43)40-24-38(36-11-3-4-12-37(36)44(40)51)42-17-14-34(28-50-42)32-9-6-21-47-26-32/h1-28H. The van der Waals surface area contributed by atoms with Crippen LogP contribution in [0.1, 0.15) is 0 Å². The highest BCUT2D eigenvalue weighted by Gasteiger charge is 2.21. The molecule has 10 aromatic rings. The minimum absolute atomic E-state index is 0.900. The smallest absolute Gasteiger partial charge is 0.145 e. The van der Waals surface area contributed by atoms with Gasteiger partial charge in [-0.1, -0.05) is 78.9 Å². The van der Waals surface area contributed by atoms with Crippen molar-refractivity contribution >= 4 is 43.4 Å². The quantitative estimate of drug-likeness (QED) is 0.185. The Kier molecular flexibility index (Phi) is 6.70. The first-order valence-electron chi connectivity index (χ1n) is 16.9. The predicted octanol–water partition coefficient (Wildman–Crippen LogP) is 10.7. The summed E-state index contributed by atoms with van der Waals surface area (Å²) in [5, 5.41) is 6.75. The summed E-state index contributed by atoms with van der Waals surface area (Å²) in [6.07, 6.45) is 13.1. The second-order valence-corrected chi connectivity index (χ2v) is 12.6. The zero-order valence-corrected chi connectivity index (χ0v) is 27.3. The van der Waals surface area contributed by atoms with Gasteiger partial charge in [-0.2, -0.15) is 0 Å². The minimum Gasteiger partial charge on any atom is -0.293 e. The molecule has 6 nitrogen and oxygen atoms in total. The van der Waals surface area contributed by atoms with Crippen LogP contribution in [0.3, 0.4) is 0 Å². The zero-order valence-electron chi connectivity index (χ0n) is 27.3. The van der Waals surface area contributed by atoms with E-state index >= 15 is 0 Å². The molecule has 6 aromatic heterocycles. The molecular formula is C45H28N6. The highest BCUT2D eigenvalue weighted by molar-refractivity contribution is 6.22. The molecule has 0 atom stereocenters. The van der Waals surface area contributed by atoms with E-state index in [2.05, 4.69) is 130 Å². The summed E-state index contributed by atoms with van der Waals surface area (Å²) in [5.74, 6) is 0.900. The van der Waals surface area contributed by atoms with E-state index in [1.165, 1.54) is 0 Å². The maximum atomic E-state index is 5.02. The van der Waals surface area contributed by atoms with Gasteiger partial charge in [0.1, 0.15) is 5.82 Å². The number of hydrogen-bond acceptors (Lipinski definition) is 5. The Bertz CT molecular complexity index is 2880. The monoisotopic (exact) mass is 652 g/mol. The summed E-state index contributed by atoms with van der Waals surface area (Å²) in [5.41, 5.74) is 10.3. The van der Waals surface area contributed by atoms with Gasteiger partial charge < -0.3 is 0 Å². The normalized spacial score (nSPS) is 11.5. The van der Waals surface area contributed by atoms with Crippen LogP contribution in [-0.4, -0.2) is 29.5 Å². The molecule has 0 fully saturated rings. The largest absolute Gasteiger partial charge is 0.293 e. The molecule has 0 radical (unpaired) electrons. The lowest BCUT2D eigenvalue weighted by Crippen LogP contribution is -1.99. The van der Waals surface area contributed by atoms with Crippen molar-refractivity contribution in [3.63, 3.8) is 0 Å². The lowest BCUT2D eigenvalue weighted by molar-refractivity contribution is 1.10. The van der Waals surface area contributed by atoms with E-state index in [1.807, 2.05) is 43.1 Å². The summed E-state index contributed by atoms with van der Waals surface area (Å²) in [6, 6.07) is 44.5. The number of rotatable bonds is 5. The highest BCUT2D eigenvalue weighted by atomic mass is 15.1. The van der Waals surface area contributed by atoms with Crippen LogP contribution in [0, 0.1) is 0 Å². The molecule has 0 N–H and O–H groups in total. The van der Waals surface area contributed by atoms with E-state index in [-0.39, 0.29) is 0 Å². The van der Waals surface area contributed by atoms with Crippen molar-refractivity contribution in [1.82, 2.24) is 29.5 Å². The van der Waals surface area contributed by atoms with E-state index < -0.39 is 0 Å². The van der Waals surface area contributed by atoms with Gasteiger partial charge in [-0.15, -0.1) is 0 Å². The number of hydrogen-bond donors (Lipinski definition) is 0. The average molecular weight is 653 g/mol. The van der Waals surface area contributed by atoms with Crippen molar-refractivity contribution in [2.45, 2.75) is 0 Å². The van der Waals surface area contributed by atoms with Crippen LogP contribution in [0.15, 0.2) is 171 Å². The van der Waals surface area contributed by atoms with E-state index in [1.54, 1.807) is 12.4 Å². The Balaban J connectivity index is 1.23. The third kappa shape index (κ3) is 4.84. The van der Waals surface area contributed by atoms with E-state index in [4.69, 9.17) is 15.0 Å². The molecule has 0 amide bonds. The van der Waals surface area contributed by atoms with Gasteiger partial charge in [-0.05, 0) is 59.3 Å². The number of aromatic nitrogens is 6. The Labute approximate surface area is 293 Å². The molecule has 10 rings (SSSR count). The molecule has 0 aliphatic rings. The topological polar surface area (TPSA) is 69.4 Å². The van der Waals surface area contributed by atoms with E-state index in [0.717, 1.165) is 93.9 Å². The molecule has 51 heavy (non-hydrogen) atoms. The maximum Gasteiger partial charge on any atom is 0.145 e. The Morgan fingerprint density at radius 3 is 1.73 bits per heavy atom. The van der Waals surface area contributed by atoms with Gasteiger partial charge in [0.15, 0.2) is 0 Å². The van der Waals surface area contributed by atoms with Gasteiger partial charge >= 0.3 is 0 Å². The van der Waals surface area contributed by atoms with Crippen molar-refractivity contribution in [1.29, 1.82) is 0 Å². The molecule has 0 spiro atoms. The minimum atomic E-state index is 0.900. The maximum absolute atomic E-state index is 5.02. The molecule has 0 aliphatic carbocycles. The van der Waals surface area contributed by atoms with Crippen LogP contribution < -0.4 is 0 Å². The molecule has 4 aromatic carbocycles. The molecule has 0 saturated carbocycles. The number of benzene rings is 4. The van der Waals surface area contributed by atoms with Crippen molar-refractivity contribution in [2.24, 2.45) is 0 Å². The molecule has 0 saturated heterocycles. The second-order valence-electron chi connectivity index (χ2n) is 12.6. The first kappa shape index (κ1) is 28.9. The van der Waals surface area contributed by atoms with Crippen molar-refractivity contribution in [3.8, 4) is 50.6 Å². The summed E-state index contributed by atoms with van der Waals surface area (Å²) >= 11 is 0. The highest BCUT2D eigenvalue weighted by Crippen LogP contribution is 2.42. The number of pyridine rings is 5. The molecule has 6 heterocycles. The molecule has 6 heteroatoms. The summed E-state index contributed by atoms with van der Waals surface area (Å²) in [7, 11) is 0.